The second kappa shape index (κ2) is 10.4. The maximum atomic E-state index is 13.6. The summed E-state index contributed by atoms with van der Waals surface area (Å²) in [5.74, 6) is -4.40. The number of aromatic nitrogens is 1. The van der Waals surface area contributed by atoms with Crippen LogP contribution in [0.1, 0.15) is 29.8 Å². The van der Waals surface area contributed by atoms with Crippen LogP contribution >= 0.6 is 0 Å². The summed E-state index contributed by atoms with van der Waals surface area (Å²) in [6.07, 6.45) is 2.30. The Hall–Kier alpha value is -2.94. The van der Waals surface area contributed by atoms with Gasteiger partial charge in [0, 0.05) is 0 Å². The van der Waals surface area contributed by atoms with Crippen molar-refractivity contribution in [3.05, 3.63) is 59.7 Å². The van der Waals surface area contributed by atoms with Crippen LogP contribution in [0, 0.1) is 17.5 Å². The molecule has 28 heavy (non-hydrogen) atoms. The fourth-order valence-electron chi connectivity index (χ4n) is 2.41. The van der Waals surface area contributed by atoms with E-state index in [2.05, 4.69) is 10.3 Å². The fraction of sp³-hybridized carbons (Fsp3) is 0.316. The molecule has 0 aliphatic heterocycles. The van der Waals surface area contributed by atoms with Crippen LogP contribution < -0.4 is 15.8 Å². The van der Waals surface area contributed by atoms with Gasteiger partial charge in [-0.2, -0.15) is 0 Å². The molecule has 2 rings (SSSR count). The molecule has 0 bridgehead atoms. The summed E-state index contributed by atoms with van der Waals surface area (Å²) in [5.41, 5.74) is 5.37. The molecule has 0 aliphatic rings. The second-order valence-corrected chi connectivity index (χ2v) is 5.98. The van der Waals surface area contributed by atoms with Gasteiger partial charge in [-0.1, -0.05) is 6.07 Å². The molecule has 1 unspecified atom stereocenters. The van der Waals surface area contributed by atoms with Crippen molar-refractivity contribution >= 4 is 11.7 Å². The zero-order valence-electron chi connectivity index (χ0n) is 15.0. The Morgan fingerprint density at radius 1 is 1.11 bits per heavy atom. The van der Waals surface area contributed by atoms with E-state index < -0.39 is 47.5 Å². The molecule has 3 N–H and O–H groups in total. The van der Waals surface area contributed by atoms with E-state index in [1.807, 2.05) is 0 Å². The number of nitrogens with two attached hydrogens (primary N) is 1. The highest BCUT2D eigenvalue weighted by Crippen LogP contribution is 2.21. The van der Waals surface area contributed by atoms with Crippen LogP contribution in [0.2, 0.25) is 0 Å². The zero-order valence-corrected chi connectivity index (χ0v) is 15.0. The van der Waals surface area contributed by atoms with Crippen LogP contribution in [-0.2, 0) is 4.79 Å². The molecule has 0 fully saturated rings. The van der Waals surface area contributed by atoms with E-state index in [1.165, 1.54) is 12.1 Å². The maximum absolute atomic E-state index is 13.6. The summed E-state index contributed by atoms with van der Waals surface area (Å²) >= 11 is 0. The van der Waals surface area contributed by atoms with Crippen LogP contribution in [0.5, 0.6) is 5.75 Å². The number of Topliss-reactive ketones (excluding diaryl/α,β-unsaturated/α-hetero) is 1. The van der Waals surface area contributed by atoms with E-state index in [0.717, 1.165) is 24.4 Å². The lowest BCUT2D eigenvalue weighted by Gasteiger charge is -2.18. The van der Waals surface area contributed by atoms with Gasteiger partial charge in [0.2, 0.25) is 0 Å². The highest BCUT2D eigenvalue weighted by Gasteiger charge is 2.23. The number of nitrogens with one attached hydrogen (secondary N) is 1. The maximum Gasteiger partial charge on any atom is 0.270 e. The number of carbonyl (C=O) groups is 2. The minimum atomic E-state index is -0.972. The minimum absolute atomic E-state index is 0.0703. The van der Waals surface area contributed by atoms with Crippen LogP contribution in [0.25, 0.3) is 0 Å². The first kappa shape index (κ1) is 21.4. The van der Waals surface area contributed by atoms with Crippen LogP contribution in [0.3, 0.4) is 0 Å². The highest BCUT2D eigenvalue weighted by molar-refractivity contribution is 5.96. The molecule has 6 nitrogen and oxygen atoms in total. The zero-order chi connectivity index (χ0) is 20.5. The number of rotatable bonds is 10. The monoisotopic (exact) mass is 395 g/mol. The van der Waals surface area contributed by atoms with Crippen LogP contribution in [0.15, 0.2) is 36.5 Å². The molecule has 0 aliphatic carbocycles. The number of nitrogens with zero attached hydrogens (tertiary/aromatic N) is 1. The van der Waals surface area contributed by atoms with Crippen molar-refractivity contribution in [2.75, 3.05) is 13.2 Å². The van der Waals surface area contributed by atoms with Crippen LogP contribution in [-0.4, -0.2) is 35.9 Å². The predicted octanol–water partition coefficient (Wildman–Crippen LogP) is 2.37. The first-order chi connectivity index (χ1) is 13.4. The molecule has 2 aromatic rings. The van der Waals surface area contributed by atoms with E-state index in [0.29, 0.717) is 19.4 Å². The smallest absolute Gasteiger partial charge is 0.270 e. The van der Waals surface area contributed by atoms with Gasteiger partial charge in [0.25, 0.3) is 5.91 Å². The summed E-state index contributed by atoms with van der Waals surface area (Å²) < 4.78 is 45.1. The average Bonchev–Trinajstić information content (AvgIpc) is 2.67. The summed E-state index contributed by atoms with van der Waals surface area (Å²) in [6, 6.07) is 4.45. The molecule has 0 radical (unpaired) electrons. The highest BCUT2D eigenvalue weighted by atomic mass is 19.1. The van der Waals surface area contributed by atoms with E-state index in [-0.39, 0.29) is 12.1 Å². The van der Waals surface area contributed by atoms with Gasteiger partial charge in [0.1, 0.15) is 18.1 Å². The Morgan fingerprint density at radius 2 is 1.82 bits per heavy atom. The number of benzene rings is 1. The summed E-state index contributed by atoms with van der Waals surface area (Å²) in [7, 11) is 0. The number of pyridine rings is 1. The van der Waals surface area contributed by atoms with Gasteiger partial charge >= 0.3 is 0 Å². The molecule has 9 heteroatoms. The molecule has 0 saturated heterocycles. The van der Waals surface area contributed by atoms with E-state index >= 15 is 0 Å². The molecular weight excluding hydrogens is 375 g/mol. The Kier molecular flexibility index (Phi) is 7.94. The third-order valence-corrected chi connectivity index (χ3v) is 3.88. The van der Waals surface area contributed by atoms with Crippen molar-refractivity contribution < 1.29 is 27.5 Å². The van der Waals surface area contributed by atoms with Gasteiger partial charge in [-0.25, -0.2) is 18.2 Å². The molecule has 150 valence electrons. The number of halogens is 3. The Morgan fingerprint density at radius 3 is 2.43 bits per heavy atom. The van der Waals surface area contributed by atoms with E-state index in [4.69, 9.17) is 10.5 Å². The van der Waals surface area contributed by atoms with Crippen molar-refractivity contribution in [1.82, 2.24) is 10.3 Å². The van der Waals surface area contributed by atoms with Crippen LogP contribution in [0.4, 0.5) is 13.2 Å². The van der Waals surface area contributed by atoms with E-state index in [1.54, 1.807) is 0 Å². The second-order valence-electron chi connectivity index (χ2n) is 5.98. The summed E-state index contributed by atoms with van der Waals surface area (Å²) in [5, 5.41) is 2.50. The topological polar surface area (TPSA) is 94.3 Å². The first-order valence-electron chi connectivity index (χ1n) is 8.64. The van der Waals surface area contributed by atoms with Gasteiger partial charge in [-0.05, 0) is 50.1 Å². The van der Waals surface area contributed by atoms with Gasteiger partial charge < -0.3 is 15.8 Å². The molecule has 1 aromatic carbocycles. The van der Waals surface area contributed by atoms with Gasteiger partial charge in [-0.3, -0.25) is 9.59 Å². The molecule has 0 saturated carbocycles. The van der Waals surface area contributed by atoms with E-state index in [9.17, 15) is 22.8 Å². The molecule has 1 heterocycles. The fourth-order valence-corrected chi connectivity index (χ4v) is 2.41. The number of unbranched alkanes of at least 4 members (excludes halogenated alkanes) is 1. The summed E-state index contributed by atoms with van der Waals surface area (Å²) in [4.78, 5) is 28.4. The number of carbonyl (C=O) groups excluding carboxylic acids is 2. The number of ether oxygens (including phenoxy) is 1. The third-order valence-electron chi connectivity index (χ3n) is 3.88. The van der Waals surface area contributed by atoms with Gasteiger partial charge in [0.05, 0.1) is 12.2 Å². The SMILES string of the molecule is NCCCCC(NC(=O)c1ccc(F)cn1)C(=O)COc1c(F)cccc1F. The number of hydrogen-bond acceptors (Lipinski definition) is 5. The Balaban J connectivity index is 2.04. The molecular formula is C19H20F3N3O3. The number of hydrogen-bond donors (Lipinski definition) is 2. The largest absolute Gasteiger partial charge is 0.480 e. The van der Waals surface area contributed by atoms with Crippen molar-refractivity contribution in [2.24, 2.45) is 5.73 Å². The average molecular weight is 395 g/mol. The van der Waals surface area contributed by atoms with Gasteiger partial charge in [0.15, 0.2) is 23.2 Å². The number of amides is 1. The number of ketones is 1. The molecule has 1 amide bonds. The number of para-hydroxylation sites is 1. The summed E-state index contributed by atoms with van der Waals surface area (Å²) in [6.45, 7) is -0.229. The minimum Gasteiger partial charge on any atom is -0.480 e. The first-order valence-corrected chi connectivity index (χ1v) is 8.64. The Bertz CT molecular complexity index is 796. The predicted molar refractivity (Wildman–Crippen MR) is 95.2 cm³/mol. The van der Waals surface area contributed by atoms with Crippen molar-refractivity contribution in [3.63, 3.8) is 0 Å². The standard InChI is InChI=1S/C19H20F3N3O3/c20-12-7-8-16(24-10-12)19(27)25-15(6-1-2-9-23)17(26)11-28-18-13(21)4-3-5-14(18)22/h3-5,7-8,10,15H,1-2,6,9,11,23H2,(H,25,27). The third kappa shape index (κ3) is 6.05. The molecule has 1 aromatic heterocycles. The van der Waals surface area contributed by atoms with Crippen molar-refractivity contribution in [2.45, 2.75) is 25.3 Å². The molecule has 0 spiro atoms. The lowest BCUT2D eigenvalue weighted by atomic mass is 10.1. The van der Waals surface area contributed by atoms with Crippen molar-refractivity contribution in [1.29, 1.82) is 0 Å². The lowest BCUT2D eigenvalue weighted by Crippen LogP contribution is -2.43. The van der Waals surface area contributed by atoms with Crippen molar-refractivity contribution in [3.8, 4) is 5.75 Å². The normalized spacial score (nSPS) is 11.7. The Labute approximate surface area is 159 Å². The lowest BCUT2D eigenvalue weighted by molar-refractivity contribution is -0.123. The molecule has 1 atom stereocenters. The quantitative estimate of drug-likeness (QED) is 0.603. The van der Waals surface area contributed by atoms with Gasteiger partial charge in [-0.15, -0.1) is 0 Å².